The fourth-order valence-electron chi connectivity index (χ4n) is 4.02. The van der Waals surface area contributed by atoms with Gasteiger partial charge in [0.15, 0.2) is 0 Å². The molecule has 0 aromatic heterocycles. The number of amides is 2. The first kappa shape index (κ1) is 21.8. The maximum absolute atomic E-state index is 12.8. The van der Waals surface area contributed by atoms with Crippen molar-refractivity contribution in [2.45, 2.75) is 62.7 Å². The van der Waals surface area contributed by atoms with E-state index in [9.17, 15) is 18.0 Å². The first-order valence-corrected chi connectivity index (χ1v) is 12.1. The minimum atomic E-state index is -3.50. The highest BCUT2D eigenvalue weighted by molar-refractivity contribution is 7.89. The fourth-order valence-corrected chi connectivity index (χ4v) is 5.54. The molecule has 29 heavy (non-hydrogen) atoms. The van der Waals surface area contributed by atoms with Crippen LogP contribution >= 0.6 is 0 Å². The van der Waals surface area contributed by atoms with E-state index in [4.69, 9.17) is 0 Å². The molecule has 160 valence electrons. The Morgan fingerprint density at radius 2 is 1.48 bits per heavy atom. The largest absolute Gasteiger partial charge is 0.347 e. The van der Waals surface area contributed by atoms with Gasteiger partial charge in [0.05, 0.1) is 11.4 Å². The number of hydrogen-bond donors (Lipinski definition) is 2. The molecule has 1 aromatic carbocycles. The Bertz CT molecular complexity index is 794. The number of rotatable bonds is 6. The minimum absolute atomic E-state index is 0.0139. The third-order valence-electron chi connectivity index (χ3n) is 5.74. The zero-order valence-electron chi connectivity index (χ0n) is 16.9. The van der Waals surface area contributed by atoms with Gasteiger partial charge in [0.2, 0.25) is 21.8 Å². The number of nitrogens with one attached hydrogen (secondary N) is 2. The van der Waals surface area contributed by atoms with Crippen LogP contribution in [0.5, 0.6) is 0 Å². The van der Waals surface area contributed by atoms with E-state index < -0.39 is 10.0 Å². The van der Waals surface area contributed by atoms with Crippen LogP contribution in [0.2, 0.25) is 0 Å². The average molecular weight is 422 g/mol. The summed E-state index contributed by atoms with van der Waals surface area (Å²) in [6.45, 7) is 1.03. The van der Waals surface area contributed by atoms with E-state index in [1.165, 1.54) is 18.6 Å². The average Bonchev–Trinajstić information content (AvgIpc) is 3.03. The smallest absolute Gasteiger partial charge is 0.243 e. The summed E-state index contributed by atoms with van der Waals surface area (Å²) in [5.41, 5.74) is 0.511. The molecule has 2 amide bonds. The molecule has 0 spiro atoms. The summed E-state index contributed by atoms with van der Waals surface area (Å²) in [5.74, 6) is -0.365. The third kappa shape index (κ3) is 6.02. The number of carbonyl (C=O) groups is 2. The lowest BCUT2D eigenvalue weighted by atomic mass is 9.89. The Morgan fingerprint density at radius 1 is 0.897 bits per heavy atom. The molecular weight excluding hydrogens is 390 g/mol. The Hall–Kier alpha value is -1.93. The van der Waals surface area contributed by atoms with Crippen molar-refractivity contribution < 1.29 is 18.0 Å². The van der Waals surface area contributed by atoms with Gasteiger partial charge in [0.25, 0.3) is 0 Å². The first-order chi connectivity index (χ1) is 14.0. The lowest BCUT2D eigenvalue weighted by Crippen LogP contribution is -2.37. The number of carbonyl (C=O) groups excluding carboxylic acids is 2. The first-order valence-electron chi connectivity index (χ1n) is 10.6. The van der Waals surface area contributed by atoms with Crippen LogP contribution in [-0.2, 0) is 19.6 Å². The van der Waals surface area contributed by atoms with Gasteiger partial charge < -0.3 is 10.6 Å². The van der Waals surface area contributed by atoms with Crippen LogP contribution in [0, 0.1) is 5.92 Å². The molecule has 1 aliphatic heterocycles. The van der Waals surface area contributed by atoms with Gasteiger partial charge >= 0.3 is 0 Å². The third-order valence-corrected chi connectivity index (χ3v) is 7.65. The van der Waals surface area contributed by atoms with Crippen LogP contribution in [-0.4, -0.2) is 44.2 Å². The van der Waals surface area contributed by atoms with Gasteiger partial charge in [-0.25, -0.2) is 8.42 Å². The van der Waals surface area contributed by atoms with Gasteiger partial charge in [0, 0.05) is 24.7 Å². The lowest BCUT2D eigenvalue weighted by Gasteiger charge is -2.20. The molecule has 1 aliphatic carbocycles. The topological polar surface area (TPSA) is 95.6 Å². The molecule has 0 unspecified atom stereocenters. The van der Waals surface area contributed by atoms with Crippen molar-refractivity contribution in [2.75, 3.05) is 25.0 Å². The number of anilines is 1. The Labute approximate surface area is 173 Å². The molecule has 1 heterocycles. The Morgan fingerprint density at radius 3 is 2.10 bits per heavy atom. The van der Waals surface area contributed by atoms with Crippen LogP contribution in [0.25, 0.3) is 0 Å². The Kier molecular flexibility index (Phi) is 7.66. The number of sulfonamides is 1. The quantitative estimate of drug-likeness (QED) is 0.738. The van der Waals surface area contributed by atoms with E-state index in [1.807, 2.05) is 0 Å². The molecule has 8 heteroatoms. The van der Waals surface area contributed by atoms with Crippen LogP contribution in [0.1, 0.15) is 57.8 Å². The summed E-state index contributed by atoms with van der Waals surface area (Å²) < 4.78 is 27.1. The molecule has 2 N–H and O–H groups in total. The van der Waals surface area contributed by atoms with E-state index in [1.54, 1.807) is 16.4 Å². The van der Waals surface area contributed by atoms with E-state index in [0.29, 0.717) is 18.8 Å². The molecule has 7 nitrogen and oxygen atoms in total. The molecule has 3 rings (SSSR count). The second-order valence-corrected chi connectivity index (χ2v) is 9.88. The van der Waals surface area contributed by atoms with Crippen LogP contribution in [0.3, 0.4) is 0 Å². The summed E-state index contributed by atoms with van der Waals surface area (Å²) >= 11 is 0. The predicted molar refractivity (Wildman–Crippen MR) is 112 cm³/mol. The fraction of sp³-hybridized carbons (Fsp3) is 0.619. The van der Waals surface area contributed by atoms with Gasteiger partial charge in [-0.1, -0.05) is 32.1 Å². The summed E-state index contributed by atoms with van der Waals surface area (Å²) in [7, 11) is -3.50. The van der Waals surface area contributed by atoms with Gasteiger partial charge in [-0.15, -0.1) is 0 Å². The van der Waals surface area contributed by atoms with Gasteiger partial charge in [0.1, 0.15) is 0 Å². The number of benzene rings is 1. The zero-order valence-corrected chi connectivity index (χ0v) is 17.7. The highest BCUT2D eigenvalue weighted by Crippen LogP contribution is 2.24. The van der Waals surface area contributed by atoms with Crippen LogP contribution in [0.4, 0.5) is 5.69 Å². The summed E-state index contributed by atoms with van der Waals surface area (Å²) in [6, 6.07) is 6.23. The van der Waals surface area contributed by atoms with E-state index in [-0.39, 0.29) is 29.2 Å². The molecule has 1 aromatic rings. The molecule has 2 aliphatic rings. The molecular formula is C21H31N3O4S. The van der Waals surface area contributed by atoms with Crippen molar-refractivity contribution in [3.8, 4) is 0 Å². The van der Waals surface area contributed by atoms with Crippen LogP contribution in [0.15, 0.2) is 29.2 Å². The van der Waals surface area contributed by atoms with Crippen molar-refractivity contribution in [3.05, 3.63) is 24.3 Å². The molecule has 0 atom stereocenters. The molecule has 1 saturated heterocycles. The monoisotopic (exact) mass is 421 g/mol. The summed E-state index contributed by atoms with van der Waals surface area (Å²) in [6.07, 6.45) is 8.99. The van der Waals surface area contributed by atoms with Crippen molar-refractivity contribution in [2.24, 2.45) is 5.92 Å². The SMILES string of the molecule is O=C(CNC(=O)C1CCCCC1)Nc1ccc(S(=O)(=O)N2CCCCCC2)cc1. The van der Waals surface area contributed by atoms with E-state index >= 15 is 0 Å². The maximum atomic E-state index is 12.8. The molecule has 0 bridgehead atoms. The second-order valence-electron chi connectivity index (χ2n) is 7.94. The standard InChI is InChI=1S/C21H31N3O4S/c25-20(16-22-21(26)17-8-4-3-5-9-17)23-18-10-12-19(13-11-18)29(27,28)24-14-6-1-2-7-15-24/h10-13,17H,1-9,14-16H2,(H,22,26)(H,23,25). The van der Waals surface area contributed by atoms with E-state index in [0.717, 1.165) is 51.4 Å². The van der Waals surface area contributed by atoms with Gasteiger partial charge in [-0.3, -0.25) is 9.59 Å². The lowest BCUT2D eigenvalue weighted by molar-refractivity contribution is -0.128. The van der Waals surface area contributed by atoms with Crippen molar-refractivity contribution >= 4 is 27.5 Å². The summed E-state index contributed by atoms with van der Waals surface area (Å²) in [5, 5.41) is 5.41. The highest BCUT2D eigenvalue weighted by atomic mass is 32.2. The van der Waals surface area contributed by atoms with Crippen molar-refractivity contribution in [3.63, 3.8) is 0 Å². The van der Waals surface area contributed by atoms with Gasteiger partial charge in [-0.2, -0.15) is 4.31 Å². The molecule has 0 radical (unpaired) electrons. The maximum Gasteiger partial charge on any atom is 0.243 e. The summed E-state index contributed by atoms with van der Waals surface area (Å²) in [4.78, 5) is 24.5. The molecule has 2 fully saturated rings. The van der Waals surface area contributed by atoms with Crippen molar-refractivity contribution in [1.29, 1.82) is 0 Å². The van der Waals surface area contributed by atoms with Gasteiger partial charge in [-0.05, 0) is 49.9 Å². The normalized spacial score (nSPS) is 19.3. The van der Waals surface area contributed by atoms with E-state index in [2.05, 4.69) is 10.6 Å². The Balaban J connectivity index is 1.51. The highest BCUT2D eigenvalue weighted by Gasteiger charge is 2.25. The van der Waals surface area contributed by atoms with Crippen LogP contribution < -0.4 is 10.6 Å². The number of nitrogens with zero attached hydrogens (tertiary/aromatic N) is 1. The predicted octanol–water partition coefficient (Wildman–Crippen LogP) is 2.89. The second kappa shape index (κ2) is 10.2. The minimum Gasteiger partial charge on any atom is -0.347 e. The van der Waals surface area contributed by atoms with Crippen molar-refractivity contribution in [1.82, 2.24) is 9.62 Å². The molecule has 1 saturated carbocycles. The zero-order chi connectivity index (χ0) is 20.7. The number of hydrogen-bond acceptors (Lipinski definition) is 4.